The van der Waals surface area contributed by atoms with Crippen molar-refractivity contribution in [2.75, 3.05) is 33.9 Å². The van der Waals surface area contributed by atoms with E-state index in [4.69, 9.17) is 13.9 Å². The molecule has 0 aliphatic rings. The Kier molecular flexibility index (Phi) is 12.4. The van der Waals surface area contributed by atoms with Gasteiger partial charge in [-0.25, -0.2) is 0 Å². The highest BCUT2D eigenvalue weighted by molar-refractivity contribution is 14.0. The van der Waals surface area contributed by atoms with Crippen LogP contribution in [0.4, 0.5) is 0 Å². The number of amides is 1. The number of benzene rings is 1. The summed E-state index contributed by atoms with van der Waals surface area (Å²) in [5.74, 6) is 2.67. The van der Waals surface area contributed by atoms with Crippen LogP contribution in [0.25, 0.3) is 0 Å². The summed E-state index contributed by atoms with van der Waals surface area (Å²) in [6, 6.07) is 9.58. The molecule has 8 nitrogen and oxygen atoms in total. The Balaban J connectivity index is 0.00000450. The fourth-order valence-corrected chi connectivity index (χ4v) is 2.69. The first-order valence-electron chi connectivity index (χ1n) is 9.69. The molecule has 30 heavy (non-hydrogen) atoms. The number of carbonyl (C=O) groups excluding carboxylic acids is 1. The smallest absolute Gasteiger partial charge is 0.239 e. The maximum absolute atomic E-state index is 11.9. The number of aliphatic imine (C=N–C) groups is 1. The van der Waals surface area contributed by atoms with E-state index in [1.54, 1.807) is 26.5 Å². The Labute approximate surface area is 194 Å². The number of nitrogens with zero attached hydrogens (tertiary/aromatic N) is 1. The van der Waals surface area contributed by atoms with Crippen LogP contribution in [0.2, 0.25) is 0 Å². The Bertz CT molecular complexity index is 781. The van der Waals surface area contributed by atoms with E-state index in [0.29, 0.717) is 24.9 Å². The van der Waals surface area contributed by atoms with Crippen LogP contribution >= 0.6 is 24.0 Å². The van der Waals surface area contributed by atoms with Crippen LogP contribution in [0.1, 0.15) is 24.7 Å². The molecule has 1 aromatic heterocycles. The number of carbonyl (C=O) groups is 1. The minimum Gasteiger partial charge on any atom is -0.493 e. The van der Waals surface area contributed by atoms with Crippen molar-refractivity contribution in [3.8, 4) is 11.5 Å². The Morgan fingerprint density at radius 2 is 2.00 bits per heavy atom. The second kappa shape index (κ2) is 14.5. The maximum atomic E-state index is 11.9. The monoisotopic (exact) mass is 530 g/mol. The number of guanidine groups is 1. The highest BCUT2D eigenvalue weighted by atomic mass is 127. The summed E-state index contributed by atoms with van der Waals surface area (Å²) in [7, 11) is 3.31. The van der Waals surface area contributed by atoms with E-state index in [1.165, 1.54) is 5.56 Å². The van der Waals surface area contributed by atoms with Crippen LogP contribution in [-0.2, 0) is 17.8 Å². The molecule has 0 unspecified atom stereocenters. The van der Waals surface area contributed by atoms with Crippen molar-refractivity contribution in [1.82, 2.24) is 16.0 Å². The number of halogens is 1. The van der Waals surface area contributed by atoms with Crippen molar-refractivity contribution >= 4 is 35.8 Å². The molecule has 0 aliphatic carbocycles. The molecule has 1 heterocycles. The van der Waals surface area contributed by atoms with Crippen molar-refractivity contribution in [3.63, 3.8) is 0 Å². The molecule has 2 rings (SSSR count). The molecule has 0 radical (unpaired) electrons. The van der Waals surface area contributed by atoms with Crippen molar-refractivity contribution < 1.29 is 18.7 Å². The van der Waals surface area contributed by atoms with Crippen LogP contribution in [0.3, 0.4) is 0 Å². The number of nitrogens with one attached hydrogen (secondary N) is 3. The predicted molar refractivity (Wildman–Crippen MR) is 128 cm³/mol. The van der Waals surface area contributed by atoms with E-state index in [9.17, 15) is 4.79 Å². The summed E-state index contributed by atoms with van der Waals surface area (Å²) < 4.78 is 16.1. The third kappa shape index (κ3) is 8.93. The minimum absolute atomic E-state index is 0. The molecular formula is C21H31IN4O4. The lowest BCUT2D eigenvalue weighted by atomic mass is 10.1. The Hall–Kier alpha value is -2.43. The van der Waals surface area contributed by atoms with Gasteiger partial charge in [0.05, 0.1) is 33.1 Å². The van der Waals surface area contributed by atoms with Crippen LogP contribution in [-0.4, -0.2) is 45.7 Å². The lowest BCUT2D eigenvalue weighted by Crippen LogP contribution is -2.43. The quantitative estimate of drug-likeness (QED) is 0.179. The van der Waals surface area contributed by atoms with Gasteiger partial charge < -0.3 is 29.8 Å². The molecule has 0 fully saturated rings. The molecule has 166 valence electrons. The van der Waals surface area contributed by atoms with Crippen molar-refractivity contribution in [2.45, 2.75) is 26.3 Å². The highest BCUT2D eigenvalue weighted by Crippen LogP contribution is 2.28. The molecule has 0 aliphatic heterocycles. The second-order valence-corrected chi connectivity index (χ2v) is 6.23. The van der Waals surface area contributed by atoms with Crippen LogP contribution in [0.15, 0.2) is 46.0 Å². The number of ether oxygens (including phenoxy) is 2. The average molecular weight is 530 g/mol. The third-order valence-electron chi connectivity index (χ3n) is 4.14. The molecule has 0 saturated carbocycles. The fraction of sp³-hybridized carbons (Fsp3) is 0.429. The zero-order chi connectivity index (χ0) is 20.9. The molecule has 9 heteroatoms. The summed E-state index contributed by atoms with van der Waals surface area (Å²) in [5.41, 5.74) is 1.18. The van der Waals surface area contributed by atoms with Crippen LogP contribution in [0.5, 0.6) is 11.5 Å². The summed E-state index contributed by atoms with van der Waals surface area (Å²) in [6.07, 6.45) is 3.37. The van der Waals surface area contributed by atoms with Crippen LogP contribution < -0.4 is 25.4 Å². The highest BCUT2D eigenvalue weighted by Gasteiger charge is 2.07. The second-order valence-electron chi connectivity index (χ2n) is 6.23. The number of rotatable bonds is 11. The zero-order valence-electron chi connectivity index (χ0n) is 17.7. The van der Waals surface area contributed by atoms with E-state index < -0.39 is 0 Å². The first-order chi connectivity index (χ1) is 14.2. The van der Waals surface area contributed by atoms with E-state index >= 15 is 0 Å². The van der Waals surface area contributed by atoms with Gasteiger partial charge in [0.25, 0.3) is 0 Å². The predicted octanol–water partition coefficient (Wildman–Crippen LogP) is 2.72. The molecule has 0 spiro atoms. The van der Waals surface area contributed by atoms with Crippen molar-refractivity contribution in [2.24, 2.45) is 4.99 Å². The normalized spacial score (nSPS) is 10.7. The van der Waals surface area contributed by atoms with E-state index in [2.05, 4.69) is 20.9 Å². The summed E-state index contributed by atoms with van der Waals surface area (Å²) in [6.45, 7) is 3.77. The van der Waals surface area contributed by atoms with Gasteiger partial charge >= 0.3 is 0 Å². The summed E-state index contributed by atoms with van der Waals surface area (Å²) in [4.78, 5) is 16.0. The zero-order valence-corrected chi connectivity index (χ0v) is 20.0. The van der Waals surface area contributed by atoms with Gasteiger partial charge in [0.1, 0.15) is 5.76 Å². The van der Waals surface area contributed by atoms with E-state index in [0.717, 1.165) is 30.9 Å². The number of hydrogen-bond donors (Lipinski definition) is 3. The Morgan fingerprint density at radius 3 is 2.67 bits per heavy atom. The van der Waals surface area contributed by atoms with Crippen molar-refractivity contribution in [1.29, 1.82) is 0 Å². The SMILES string of the molecule is CCOc1cc(CCCNC(=NC)NCC(=O)NCc2ccco2)ccc1OC.I. The van der Waals surface area contributed by atoms with Gasteiger partial charge in [0.2, 0.25) is 5.91 Å². The van der Waals surface area contributed by atoms with Gasteiger partial charge in [0.15, 0.2) is 17.5 Å². The lowest BCUT2D eigenvalue weighted by Gasteiger charge is -2.13. The van der Waals surface area contributed by atoms with Gasteiger partial charge in [-0.2, -0.15) is 0 Å². The molecule has 1 amide bonds. The molecule has 0 atom stereocenters. The molecule has 0 bridgehead atoms. The summed E-state index contributed by atoms with van der Waals surface area (Å²) >= 11 is 0. The maximum Gasteiger partial charge on any atom is 0.239 e. The first kappa shape index (κ1) is 25.6. The molecule has 3 N–H and O–H groups in total. The van der Waals surface area contributed by atoms with Crippen LogP contribution in [0, 0.1) is 0 Å². The van der Waals surface area contributed by atoms with Gasteiger partial charge in [-0.1, -0.05) is 6.07 Å². The first-order valence-corrected chi connectivity index (χ1v) is 9.69. The number of aryl methyl sites for hydroxylation is 1. The van der Waals surface area contributed by atoms with Gasteiger partial charge in [0, 0.05) is 13.6 Å². The number of methoxy groups -OCH3 is 1. The largest absolute Gasteiger partial charge is 0.493 e. The lowest BCUT2D eigenvalue weighted by molar-refractivity contribution is -0.120. The molecule has 2 aromatic rings. The third-order valence-corrected chi connectivity index (χ3v) is 4.14. The van der Waals surface area contributed by atoms with E-state index in [1.807, 2.05) is 31.2 Å². The average Bonchev–Trinajstić information content (AvgIpc) is 3.26. The van der Waals surface area contributed by atoms with Gasteiger partial charge in [-0.3, -0.25) is 9.79 Å². The Morgan fingerprint density at radius 1 is 1.17 bits per heavy atom. The van der Waals surface area contributed by atoms with Crippen molar-refractivity contribution in [3.05, 3.63) is 47.9 Å². The molecule has 1 aromatic carbocycles. The van der Waals surface area contributed by atoms with E-state index in [-0.39, 0.29) is 36.4 Å². The fourth-order valence-electron chi connectivity index (χ4n) is 2.69. The topological polar surface area (TPSA) is 97.1 Å². The number of hydrogen-bond acceptors (Lipinski definition) is 5. The standard InChI is InChI=1S/C21H30N4O4.HI/c1-4-28-19-13-16(9-10-18(19)27-3)7-5-11-23-21(22-2)25-15-20(26)24-14-17-8-6-12-29-17;/h6,8-10,12-13H,4-5,7,11,14-15H2,1-3H3,(H,24,26)(H2,22,23,25);1H. The van der Waals surface area contributed by atoms with Gasteiger partial charge in [-0.05, 0) is 49.6 Å². The summed E-state index contributed by atoms with van der Waals surface area (Å²) in [5, 5.41) is 8.99. The molecule has 0 saturated heterocycles. The van der Waals surface area contributed by atoms with Gasteiger partial charge in [-0.15, -0.1) is 24.0 Å². The number of furan rings is 1. The minimum atomic E-state index is -0.133. The molecular weight excluding hydrogens is 499 g/mol.